The largest absolute Gasteiger partial charge is 0.393 e. The monoisotopic (exact) mass is 398 g/mol. The van der Waals surface area contributed by atoms with Gasteiger partial charge in [-0.2, -0.15) is 0 Å². The molecule has 0 aliphatic heterocycles. The number of hydrogen-bond acceptors (Lipinski definition) is 1. The highest BCUT2D eigenvalue weighted by Gasteiger charge is 2.59. The molecule has 4 aliphatic carbocycles. The zero-order valence-electron chi connectivity index (χ0n) is 20.0. The molecule has 0 radical (unpaired) electrons. The first-order valence-electron chi connectivity index (χ1n) is 12.7. The Morgan fingerprint density at radius 2 is 1.86 bits per heavy atom. The van der Waals surface area contributed by atoms with E-state index in [4.69, 9.17) is 0 Å². The van der Waals surface area contributed by atoms with Crippen LogP contribution in [0.5, 0.6) is 0 Å². The molecule has 0 saturated heterocycles. The van der Waals surface area contributed by atoms with Gasteiger partial charge in [0, 0.05) is 0 Å². The highest BCUT2D eigenvalue weighted by Crippen LogP contribution is 2.67. The van der Waals surface area contributed by atoms with Gasteiger partial charge in [-0.15, -0.1) is 0 Å². The normalized spacial score (nSPS) is 46.0. The van der Waals surface area contributed by atoms with Gasteiger partial charge in [0.05, 0.1) is 6.10 Å². The quantitative estimate of drug-likeness (QED) is 0.484. The molecule has 3 saturated carbocycles. The number of allylic oxidation sites excluding steroid dienone is 3. The molecule has 0 bridgehead atoms. The van der Waals surface area contributed by atoms with Crippen molar-refractivity contribution in [2.24, 2.45) is 46.3 Å². The van der Waals surface area contributed by atoms with E-state index < -0.39 is 0 Å². The average molecular weight is 399 g/mol. The van der Waals surface area contributed by atoms with Crippen LogP contribution >= 0.6 is 0 Å². The molecule has 0 spiro atoms. The standard InChI is InChI=1S/C28H46O/c1-18(2)15-19(3)16-20(4)24-9-10-25-23-8-7-21-17-22(29)11-13-27(21,5)26(23)12-14-28(24,25)6/h7,15,18,20,22-26,29H,8-14,16-17H2,1-6H3/b19-15-/t20-,22+,23+,24-,25+,26+,27+,28-/m1/s1. The molecule has 164 valence electrons. The van der Waals surface area contributed by atoms with E-state index in [9.17, 15) is 5.11 Å². The molecule has 1 heteroatoms. The predicted molar refractivity (Wildman–Crippen MR) is 124 cm³/mol. The van der Waals surface area contributed by atoms with Crippen LogP contribution in [-0.4, -0.2) is 11.2 Å². The highest BCUT2D eigenvalue weighted by atomic mass is 16.3. The maximum absolute atomic E-state index is 10.2. The molecule has 8 atom stereocenters. The number of rotatable bonds is 4. The van der Waals surface area contributed by atoms with Crippen LogP contribution in [0.25, 0.3) is 0 Å². The molecule has 4 aliphatic rings. The minimum Gasteiger partial charge on any atom is -0.393 e. The third-order valence-electron chi connectivity index (χ3n) is 10.1. The smallest absolute Gasteiger partial charge is 0.0577 e. The molecule has 1 nitrogen and oxygen atoms in total. The van der Waals surface area contributed by atoms with Crippen LogP contribution in [-0.2, 0) is 0 Å². The summed E-state index contributed by atoms with van der Waals surface area (Å²) in [5.41, 5.74) is 4.14. The van der Waals surface area contributed by atoms with Gasteiger partial charge in [0.25, 0.3) is 0 Å². The van der Waals surface area contributed by atoms with Crippen LogP contribution in [0.3, 0.4) is 0 Å². The zero-order chi connectivity index (χ0) is 21.0. The van der Waals surface area contributed by atoms with Gasteiger partial charge in [-0.1, -0.05) is 57.9 Å². The second-order valence-corrected chi connectivity index (χ2v) is 12.3. The van der Waals surface area contributed by atoms with Crippen LogP contribution in [0, 0.1) is 46.3 Å². The van der Waals surface area contributed by atoms with Gasteiger partial charge in [0.2, 0.25) is 0 Å². The summed E-state index contributed by atoms with van der Waals surface area (Å²) in [7, 11) is 0. The topological polar surface area (TPSA) is 20.2 Å². The summed E-state index contributed by atoms with van der Waals surface area (Å²) in [5.74, 6) is 5.06. The first kappa shape index (κ1) is 21.7. The summed E-state index contributed by atoms with van der Waals surface area (Å²) < 4.78 is 0. The number of hydrogen-bond donors (Lipinski definition) is 1. The molecule has 4 rings (SSSR count). The lowest BCUT2D eigenvalue weighted by atomic mass is 9.47. The van der Waals surface area contributed by atoms with Gasteiger partial charge in [-0.05, 0) is 111 Å². The molecule has 3 fully saturated rings. The molecule has 0 aromatic heterocycles. The van der Waals surface area contributed by atoms with Crippen molar-refractivity contribution >= 4 is 0 Å². The van der Waals surface area contributed by atoms with Crippen LogP contribution in [0.15, 0.2) is 23.3 Å². The van der Waals surface area contributed by atoms with E-state index in [0.29, 0.717) is 16.7 Å². The van der Waals surface area contributed by atoms with E-state index in [-0.39, 0.29) is 6.10 Å². The Kier molecular flexibility index (Phi) is 5.86. The fraction of sp³-hybridized carbons (Fsp3) is 0.857. The van der Waals surface area contributed by atoms with Crippen molar-refractivity contribution in [3.8, 4) is 0 Å². The maximum atomic E-state index is 10.2. The minimum absolute atomic E-state index is 0.0847. The molecule has 29 heavy (non-hydrogen) atoms. The van der Waals surface area contributed by atoms with E-state index in [0.717, 1.165) is 42.4 Å². The fourth-order valence-corrected chi connectivity index (χ4v) is 8.90. The second-order valence-electron chi connectivity index (χ2n) is 12.3. The lowest BCUT2D eigenvalue weighted by molar-refractivity contribution is -0.0566. The van der Waals surface area contributed by atoms with Crippen LogP contribution in [0.1, 0.15) is 99.3 Å². The Bertz CT molecular complexity index is 672. The predicted octanol–water partition coefficient (Wildman–Crippen LogP) is 7.55. The summed E-state index contributed by atoms with van der Waals surface area (Å²) in [5, 5.41) is 10.2. The van der Waals surface area contributed by atoms with Crippen molar-refractivity contribution in [3.63, 3.8) is 0 Å². The molecular weight excluding hydrogens is 352 g/mol. The van der Waals surface area contributed by atoms with Gasteiger partial charge in [-0.3, -0.25) is 0 Å². The van der Waals surface area contributed by atoms with Crippen molar-refractivity contribution in [1.29, 1.82) is 0 Å². The van der Waals surface area contributed by atoms with Gasteiger partial charge in [0.15, 0.2) is 0 Å². The Labute approximate surface area is 180 Å². The zero-order valence-corrected chi connectivity index (χ0v) is 20.0. The van der Waals surface area contributed by atoms with Crippen molar-refractivity contribution in [2.45, 2.75) is 105 Å². The lowest BCUT2D eigenvalue weighted by Crippen LogP contribution is -2.50. The summed E-state index contributed by atoms with van der Waals surface area (Å²) in [6, 6.07) is 0. The first-order valence-corrected chi connectivity index (χ1v) is 12.7. The van der Waals surface area contributed by atoms with Gasteiger partial charge < -0.3 is 5.11 Å². The Morgan fingerprint density at radius 3 is 2.59 bits per heavy atom. The number of aliphatic hydroxyl groups excluding tert-OH is 1. The van der Waals surface area contributed by atoms with Crippen LogP contribution in [0.2, 0.25) is 0 Å². The molecule has 0 aromatic rings. The highest BCUT2D eigenvalue weighted by molar-refractivity contribution is 5.25. The van der Waals surface area contributed by atoms with Gasteiger partial charge in [-0.25, -0.2) is 0 Å². The van der Waals surface area contributed by atoms with E-state index in [2.05, 4.69) is 53.7 Å². The molecule has 0 aromatic carbocycles. The maximum Gasteiger partial charge on any atom is 0.0577 e. The van der Waals surface area contributed by atoms with E-state index in [1.807, 2.05) is 0 Å². The summed E-state index contributed by atoms with van der Waals surface area (Å²) in [4.78, 5) is 0. The lowest BCUT2D eigenvalue weighted by Gasteiger charge is -2.58. The Balaban J connectivity index is 1.53. The Morgan fingerprint density at radius 1 is 1.10 bits per heavy atom. The number of aliphatic hydroxyl groups is 1. The van der Waals surface area contributed by atoms with Crippen molar-refractivity contribution in [3.05, 3.63) is 23.3 Å². The van der Waals surface area contributed by atoms with Crippen LogP contribution in [0.4, 0.5) is 0 Å². The first-order chi connectivity index (χ1) is 13.6. The summed E-state index contributed by atoms with van der Waals surface area (Å²) in [6.07, 6.45) is 16.5. The summed E-state index contributed by atoms with van der Waals surface area (Å²) in [6.45, 7) is 14.7. The third kappa shape index (κ3) is 3.68. The Hall–Kier alpha value is -0.560. The van der Waals surface area contributed by atoms with Crippen molar-refractivity contribution in [1.82, 2.24) is 0 Å². The van der Waals surface area contributed by atoms with Crippen LogP contribution < -0.4 is 0 Å². The molecule has 0 amide bonds. The number of fused-ring (bicyclic) bond motifs is 5. The van der Waals surface area contributed by atoms with E-state index in [1.165, 1.54) is 44.9 Å². The van der Waals surface area contributed by atoms with E-state index >= 15 is 0 Å². The van der Waals surface area contributed by atoms with E-state index in [1.54, 1.807) is 11.1 Å². The average Bonchev–Trinajstić information content (AvgIpc) is 2.99. The van der Waals surface area contributed by atoms with Crippen molar-refractivity contribution < 1.29 is 5.11 Å². The fourth-order valence-electron chi connectivity index (χ4n) is 8.90. The molecule has 0 unspecified atom stereocenters. The minimum atomic E-state index is -0.0847. The SMILES string of the molecule is C/C(=C/C(C)C)C[C@@H](C)[C@H]1CC[C@H]2[C@@H]3CC=C4C[C@@H](O)CC[C@]4(C)[C@H]3CC[C@]12C. The molecule has 0 heterocycles. The van der Waals surface area contributed by atoms with Gasteiger partial charge >= 0.3 is 0 Å². The van der Waals surface area contributed by atoms with Crippen molar-refractivity contribution in [2.75, 3.05) is 0 Å². The summed E-state index contributed by atoms with van der Waals surface area (Å²) >= 11 is 0. The van der Waals surface area contributed by atoms with Gasteiger partial charge in [0.1, 0.15) is 0 Å². The second kappa shape index (κ2) is 7.85. The third-order valence-corrected chi connectivity index (χ3v) is 10.1. The molecule has 1 N–H and O–H groups in total. The molecular formula is C28H46O.